The standard InChI is InChI=1S/C19H21BrN2O5S/c1-12-6-5-7-17(13(12)2)21-18(23)11-22(3)28(25,26)14-8-9-16(20)15(10-14)19(24)27-4/h5-10H,11H2,1-4H3,(H,21,23). The van der Waals surface area contributed by atoms with Crippen molar-refractivity contribution >= 4 is 43.5 Å². The van der Waals surface area contributed by atoms with Crippen molar-refractivity contribution in [3.63, 3.8) is 0 Å². The largest absolute Gasteiger partial charge is 0.465 e. The van der Waals surface area contributed by atoms with Crippen LogP contribution < -0.4 is 5.32 Å². The van der Waals surface area contributed by atoms with Gasteiger partial charge in [0.25, 0.3) is 0 Å². The van der Waals surface area contributed by atoms with Gasteiger partial charge in [-0.15, -0.1) is 0 Å². The molecule has 0 bridgehead atoms. The molecule has 0 heterocycles. The molecule has 0 saturated carbocycles. The number of benzene rings is 2. The molecule has 0 aromatic heterocycles. The Balaban J connectivity index is 2.21. The van der Waals surface area contributed by atoms with Gasteiger partial charge in [0, 0.05) is 17.2 Å². The number of anilines is 1. The first-order valence-electron chi connectivity index (χ1n) is 8.28. The van der Waals surface area contributed by atoms with E-state index in [0.717, 1.165) is 15.4 Å². The van der Waals surface area contributed by atoms with E-state index in [4.69, 9.17) is 0 Å². The Morgan fingerprint density at radius 2 is 1.86 bits per heavy atom. The molecular weight excluding hydrogens is 448 g/mol. The van der Waals surface area contributed by atoms with Gasteiger partial charge in [0.15, 0.2) is 0 Å². The second-order valence-electron chi connectivity index (χ2n) is 6.19. The van der Waals surface area contributed by atoms with Crippen LogP contribution in [0.5, 0.6) is 0 Å². The lowest BCUT2D eigenvalue weighted by molar-refractivity contribution is -0.116. The molecule has 0 unspecified atom stereocenters. The number of ether oxygens (including phenoxy) is 1. The smallest absolute Gasteiger partial charge is 0.339 e. The second-order valence-corrected chi connectivity index (χ2v) is 9.09. The number of nitrogens with zero attached hydrogens (tertiary/aromatic N) is 1. The van der Waals surface area contributed by atoms with Crippen LogP contribution in [-0.4, -0.2) is 45.3 Å². The summed E-state index contributed by atoms with van der Waals surface area (Å²) >= 11 is 3.19. The quantitative estimate of drug-likeness (QED) is 0.657. The number of rotatable bonds is 6. The molecule has 28 heavy (non-hydrogen) atoms. The molecule has 0 atom stereocenters. The number of sulfonamides is 1. The third kappa shape index (κ3) is 4.78. The van der Waals surface area contributed by atoms with Crippen molar-refractivity contribution < 1.29 is 22.7 Å². The Kier molecular flexibility index (Phi) is 6.97. The van der Waals surface area contributed by atoms with Crippen LogP contribution in [0.3, 0.4) is 0 Å². The number of hydrogen-bond acceptors (Lipinski definition) is 5. The molecule has 2 aromatic carbocycles. The van der Waals surface area contributed by atoms with Gasteiger partial charge in [0.05, 0.1) is 24.1 Å². The predicted octanol–water partition coefficient (Wildman–Crippen LogP) is 3.11. The minimum Gasteiger partial charge on any atom is -0.465 e. The Bertz CT molecular complexity index is 1020. The van der Waals surface area contributed by atoms with Gasteiger partial charge < -0.3 is 10.1 Å². The van der Waals surface area contributed by atoms with E-state index in [1.165, 1.54) is 32.4 Å². The Hall–Kier alpha value is -2.23. The van der Waals surface area contributed by atoms with E-state index in [0.29, 0.717) is 10.2 Å². The van der Waals surface area contributed by atoms with Crippen LogP contribution in [0.2, 0.25) is 0 Å². The molecule has 0 fully saturated rings. The van der Waals surface area contributed by atoms with E-state index in [1.54, 1.807) is 6.07 Å². The molecule has 9 heteroatoms. The van der Waals surface area contributed by atoms with E-state index in [-0.39, 0.29) is 17.0 Å². The van der Waals surface area contributed by atoms with Crippen molar-refractivity contribution in [3.8, 4) is 0 Å². The van der Waals surface area contributed by atoms with Crippen molar-refractivity contribution in [1.29, 1.82) is 0 Å². The normalized spacial score (nSPS) is 11.4. The zero-order chi connectivity index (χ0) is 21.1. The summed E-state index contributed by atoms with van der Waals surface area (Å²) < 4.78 is 31.6. The maximum atomic E-state index is 12.8. The Morgan fingerprint density at radius 3 is 2.50 bits per heavy atom. The molecule has 2 aromatic rings. The molecule has 0 aliphatic rings. The molecule has 0 saturated heterocycles. The topological polar surface area (TPSA) is 92.8 Å². The molecule has 0 spiro atoms. The fraction of sp³-hybridized carbons (Fsp3) is 0.263. The molecule has 0 aliphatic carbocycles. The molecule has 0 aliphatic heterocycles. The van der Waals surface area contributed by atoms with Crippen LogP contribution in [0.4, 0.5) is 5.69 Å². The average molecular weight is 469 g/mol. The van der Waals surface area contributed by atoms with E-state index < -0.39 is 21.9 Å². The minimum atomic E-state index is -3.98. The van der Waals surface area contributed by atoms with E-state index in [2.05, 4.69) is 26.0 Å². The monoisotopic (exact) mass is 468 g/mol. The highest BCUT2D eigenvalue weighted by atomic mass is 79.9. The van der Waals surface area contributed by atoms with Gasteiger partial charge in [-0.2, -0.15) is 4.31 Å². The van der Waals surface area contributed by atoms with Crippen LogP contribution in [0.15, 0.2) is 45.8 Å². The fourth-order valence-electron chi connectivity index (χ4n) is 2.47. The van der Waals surface area contributed by atoms with E-state index >= 15 is 0 Å². The lowest BCUT2D eigenvalue weighted by atomic mass is 10.1. The highest BCUT2D eigenvalue weighted by Gasteiger charge is 2.25. The predicted molar refractivity (Wildman–Crippen MR) is 110 cm³/mol. The van der Waals surface area contributed by atoms with Crippen LogP contribution in [0, 0.1) is 13.8 Å². The number of hydrogen-bond donors (Lipinski definition) is 1. The third-order valence-electron chi connectivity index (χ3n) is 4.30. The molecule has 1 amide bonds. The summed E-state index contributed by atoms with van der Waals surface area (Å²) in [6.07, 6.45) is 0. The van der Waals surface area contributed by atoms with Gasteiger partial charge in [-0.3, -0.25) is 4.79 Å². The highest BCUT2D eigenvalue weighted by molar-refractivity contribution is 9.10. The first kappa shape index (κ1) is 22.1. The summed E-state index contributed by atoms with van der Waals surface area (Å²) in [6, 6.07) is 9.51. The molecule has 0 radical (unpaired) electrons. The first-order valence-corrected chi connectivity index (χ1v) is 10.5. The number of halogens is 1. The molecule has 1 N–H and O–H groups in total. The van der Waals surface area contributed by atoms with Crippen molar-refractivity contribution in [1.82, 2.24) is 4.31 Å². The van der Waals surface area contributed by atoms with Gasteiger partial charge in [0.1, 0.15) is 0 Å². The number of methoxy groups -OCH3 is 1. The zero-order valence-electron chi connectivity index (χ0n) is 15.9. The fourth-order valence-corrected chi connectivity index (χ4v) is 4.04. The molecular formula is C19H21BrN2O5S. The molecule has 2 rings (SSSR count). The molecule has 7 nitrogen and oxygen atoms in total. The number of carbonyl (C=O) groups excluding carboxylic acids is 2. The number of esters is 1. The average Bonchev–Trinajstić information content (AvgIpc) is 2.64. The van der Waals surface area contributed by atoms with Crippen molar-refractivity contribution in [2.24, 2.45) is 0 Å². The van der Waals surface area contributed by atoms with Crippen LogP contribution in [0.25, 0.3) is 0 Å². The number of likely N-dealkylation sites (N-methyl/N-ethyl adjacent to an activating group) is 1. The van der Waals surface area contributed by atoms with Gasteiger partial charge in [-0.05, 0) is 65.2 Å². The molecule has 150 valence electrons. The van der Waals surface area contributed by atoms with Crippen molar-refractivity contribution in [2.75, 3.05) is 26.0 Å². The van der Waals surface area contributed by atoms with Gasteiger partial charge in [-0.25, -0.2) is 13.2 Å². The van der Waals surface area contributed by atoms with Gasteiger partial charge in [-0.1, -0.05) is 12.1 Å². The van der Waals surface area contributed by atoms with Crippen LogP contribution in [-0.2, 0) is 19.6 Å². The SMILES string of the molecule is COC(=O)c1cc(S(=O)(=O)N(C)CC(=O)Nc2cccc(C)c2C)ccc1Br. The number of carbonyl (C=O) groups is 2. The van der Waals surface area contributed by atoms with E-state index in [9.17, 15) is 18.0 Å². The lowest BCUT2D eigenvalue weighted by Gasteiger charge is -2.18. The van der Waals surface area contributed by atoms with Crippen molar-refractivity contribution in [2.45, 2.75) is 18.7 Å². The summed E-state index contributed by atoms with van der Waals surface area (Å²) in [6.45, 7) is 3.43. The zero-order valence-corrected chi connectivity index (χ0v) is 18.3. The summed E-state index contributed by atoms with van der Waals surface area (Å²) in [4.78, 5) is 24.0. The summed E-state index contributed by atoms with van der Waals surface area (Å²) in [5, 5.41) is 2.73. The highest BCUT2D eigenvalue weighted by Crippen LogP contribution is 2.24. The first-order chi connectivity index (χ1) is 13.1. The third-order valence-corrected chi connectivity index (χ3v) is 6.79. The Morgan fingerprint density at radius 1 is 1.18 bits per heavy atom. The number of nitrogens with one attached hydrogen (secondary N) is 1. The summed E-state index contributed by atoms with van der Waals surface area (Å²) in [5.74, 6) is -1.13. The second kappa shape index (κ2) is 8.85. The summed E-state index contributed by atoms with van der Waals surface area (Å²) in [5.41, 5.74) is 2.64. The lowest BCUT2D eigenvalue weighted by Crippen LogP contribution is -2.35. The maximum absolute atomic E-state index is 12.8. The van der Waals surface area contributed by atoms with Crippen molar-refractivity contribution in [3.05, 3.63) is 57.6 Å². The number of aryl methyl sites for hydroxylation is 1. The maximum Gasteiger partial charge on any atom is 0.339 e. The van der Waals surface area contributed by atoms with E-state index in [1.807, 2.05) is 26.0 Å². The van der Waals surface area contributed by atoms with Crippen LogP contribution >= 0.6 is 15.9 Å². The Labute approximate surface area is 172 Å². The minimum absolute atomic E-state index is 0.0804. The van der Waals surface area contributed by atoms with Gasteiger partial charge >= 0.3 is 5.97 Å². The van der Waals surface area contributed by atoms with Gasteiger partial charge in [0.2, 0.25) is 15.9 Å². The summed E-state index contributed by atoms with van der Waals surface area (Å²) in [7, 11) is -1.47. The van der Waals surface area contributed by atoms with Crippen LogP contribution in [0.1, 0.15) is 21.5 Å². The number of amides is 1.